The Bertz CT molecular complexity index is 353. The molecule has 0 aliphatic carbocycles. The second kappa shape index (κ2) is 3.86. The first-order valence-electron chi connectivity index (χ1n) is 4.80. The maximum absolute atomic E-state index is 11.2. The molecule has 0 aromatic heterocycles. The third-order valence-electron chi connectivity index (χ3n) is 2.50. The van der Waals surface area contributed by atoms with Crippen LogP contribution in [-0.4, -0.2) is 33.8 Å². The number of carboxylic acids is 1. The minimum absolute atomic E-state index is 0.0244. The molecule has 0 saturated carbocycles. The number of hydrogen-bond donors (Lipinski definition) is 2. The highest BCUT2D eigenvalue weighted by molar-refractivity contribution is 8.04. The van der Waals surface area contributed by atoms with Gasteiger partial charge in [-0.25, -0.2) is 4.79 Å². The summed E-state index contributed by atoms with van der Waals surface area (Å²) >= 11 is 1.49. The van der Waals surface area contributed by atoms with Crippen LogP contribution < -0.4 is 5.73 Å². The van der Waals surface area contributed by atoms with Crippen molar-refractivity contribution in [2.24, 2.45) is 5.73 Å². The summed E-state index contributed by atoms with van der Waals surface area (Å²) < 4.78 is 0. The van der Waals surface area contributed by atoms with Crippen LogP contribution in [0.15, 0.2) is 10.6 Å². The molecule has 2 aliphatic heterocycles. The molecule has 0 aromatic carbocycles. The SMILES string of the molecule is NCCCC1=C(C(=O)O)N2C(=O)CC2S1. The van der Waals surface area contributed by atoms with Crippen molar-refractivity contribution in [3.63, 3.8) is 0 Å². The van der Waals surface area contributed by atoms with Gasteiger partial charge in [-0.15, -0.1) is 11.8 Å². The molecule has 5 nitrogen and oxygen atoms in total. The van der Waals surface area contributed by atoms with Crippen LogP contribution in [0.4, 0.5) is 0 Å². The number of carbonyl (C=O) groups is 2. The number of carbonyl (C=O) groups excluding carboxylic acids is 1. The summed E-state index contributed by atoms with van der Waals surface area (Å²) in [5.41, 5.74) is 5.56. The number of β-lactam (4-membered cyclic amide) rings is 1. The molecule has 82 valence electrons. The molecule has 6 heteroatoms. The molecule has 0 aromatic rings. The first kappa shape index (κ1) is 10.5. The highest BCUT2D eigenvalue weighted by atomic mass is 32.2. The van der Waals surface area contributed by atoms with Crippen LogP contribution >= 0.6 is 11.8 Å². The van der Waals surface area contributed by atoms with Gasteiger partial charge in [0.05, 0.1) is 11.8 Å². The van der Waals surface area contributed by atoms with Crippen LogP contribution in [0.5, 0.6) is 0 Å². The quantitative estimate of drug-likeness (QED) is 0.677. The van der Waals surface area contributed by atoms with Crippen molar-refractivity contribution in [1.29, 1.82) is 0 Å². The molecule has 1 atom stereocenters. The summed E-state index contributed by atoms with van der Waals surface area (Å²) in [6.45, 7) is 0.537. The van der Waals surface area contributed by atoms with E-state index < -0.39 is 5.97 Å². The first-order chi connectivity index (χ1) is 7.15. The number of hydrogen-bond acceptors (Lipinski definition) is 4. The summed E-state index contributed by atoms with van der Waals surface area (Å²) in [4.78, 5) is 24.4. The summed E-state index contributed by atoms with van der Waals surface area (Å²) in [6, 6.07) is 0. The smallest absolute Gasteiger partial charge is 0.353 e. The maximum Gasteiger partial charge on any atom is 0.353 e. The van der Waals surface area contributed by atoms with Crippen molar-refractivity contribution in [1.82, 2.24) is 4.90 Å². The van der Waals surface area contributed by atoms with E-state index in [2.05, 4.69) is 0 Å². The molecule has 3 N–H and O–H groups in total. The van der Waals surface area contributed by atoms with Crippen molar-refractivity contribution < 1.29 is 14.7 Å². The molecule has 2 rings (SSSR count). The third kappa shape index (κ3) is 1.63. The molecule has 0 spiro atoms. The Labute approximate surface area is 91.3 Å². The average molecular weight is 228 g/mol. The van der Waals surface area contributed by atoms with Gasteiger partial charge in [0, 0.05) is 4.91 Å². The summed E-state index contributed by atoms with van der Waals surface area (Å²) in [5.74, 6) is -1.10. The number of carboxylic acid groups (broad SMARTS) is 1. The molecular weight excluding hydrogens is 216 g/mol. The highest BCUT2D eigenvalue weighted by Crippen LogP contribution is 2.47. The summed E-state index contributed by atoms with van der Waals surface area (Å²) in [6.07, 6.45) is 1.87. The highest BCUT2D eigenvalue weighted by Gasteiger charge is 2.47. The number of amides is 1. The van der Waals surface area contributed by atoms with Crippen LogP contribution in [0, 0.1) is 0 Å². The van der Waals surface area contributed by atoms with Gasteiger partial charge >= 0.3 is 5.97 Å². The number of thioether (sulfide) groups is 1. The zero-order valence-electron chi connectivity index (χ0n) is 8.10. The third-order valence-corrected chi connectivity index (χ3v) is 3.83. The topological polar surface area (TPSA) is 83.6 Å². The number of nitrogens with two attached hydrogens (primary N) is 1. The van der Waals surface area contributed by atoms with Gasteiger partial charge in [-0.2, -0.15) is 0 Å². The van der Waals surface area contributed by atoms with Crippen LogP contribution in [0.2, 0.25) is 0 Å². The fourth-order valence-corrected chi connectivity index (χ4v) is 3.21. The van der Waals surface area contributed by atoms with Gasteiger partial charge < -0.3 is 10.8 Å². The summed E-state index contributed by atoms with van der Waals surface area (Å²) in [7, 11) is 0. The second-order valence-corrected chi connectivity index (χ2v) is 4.78. The van der Waals surface area contributed by atoms with Crippen molar-refractivity contribution >= 4 is 23.6 Å². The van der Waals surface area contributed by atoms with E-state index in [0.717, 1.165) is 11.3 Å². The number of fused-ring (bicyclic) bond motifs is 1. The van der Waals surface area contributed by atoms with Crippen LogP contribution in [-0.2, 0) is 9.59 Å². The molecule has 0 radical (unpaired) electrons. The lowest BCUT2D eigenvalue weighted by Gasteiger charge is -2.33. The first-order valence-corrected chi connectivity index (χ1v) is 5.68. The maximum atomic E-state index is 11.2. The molecule has 2 heterocycles. The van der Waals surface area contributed by atoms with Crippen molar-refractivity contribution in [2.75, 3.05) is 6.54 Å². The van der Waals surface area contributed by atoms with E-state index in [1.165, 1.54) is 16.7 Å². The normalized spacial score (nSPS) is 24.2. The van der Waals surface area contributed by atoms with Crippen LogP contribution in [0.1, 0.15) is 19.3 Å². The fourth-order valence-electron chi connectivity index (χ4n) is 1.77. The standard InChI is InChI=1S/C9H12N2O3S/c10-3-1-2-5-8(9(13)14)11-6(12)4-7(11)15-5/h7H,1-4,10H2,(H,13,14). The predicted octanol–water partition coefficient (Wildman–Crippen LogP) is 0.327. The van der Waals surface area contributed by atoms with E-state index in [-0.39, 0.29) is 17.0 Å². The summed E-state index contributed by atoms with van der Waals surface area (Å²) in [5, 5.41) is 9.05. The molecule has 15 heavy (non-hydrogen) atoms. The number of nitrogens with zero attached hydrogens (tertiary/aromatic N) is 1. The zero-order chi connectivity index (χ0) is 11.0. The largest absolute Gasteiger partial charge is 0.477 e. The Hall–Kier alpha value is -1.01. The molecule has 1 unspecified atom stereocenters. The number of aliphatic carboxylic acids is 1. The lowest BCUT2D eigenvalue weighted by atomic mass is 10.1. The van der Waals surface area contributed by atoms with Crippen LogP contribution in [0.3, 0.4) is 0 Å². The number of allylic oxidation sites excluding steroid dienone is 1. The molecule has 1 fully saturated rings. The van der Waals surface area contributed by atoms with Crippen LogP contribution in [0.25, 0.3) is 0 Å². The van der Waals surface area contributed by atoms with E-state index >= 15 is 0 Å². The Morgan fingerprint density at radius 2 is 2.40 bits per heavy atom. The van der Waals surface area contributed by atoms with Gasteiger partial charge in [-0.05, 0) is 19.4 Å². The monoisotopic (exact) mass is 228 g/mol. The lowest BCUT2D eigenvalue weighted by Crippen LogP contribution is -2.48. The van der Waals surface area contributed by atoms with E-state index in [9.17, 15) is 9.59 Å². The van der Waals surface area contributed by atoms with Gasteiger partial charge in [0.2, 0.25) is 5.91 Å². The molecule has 0 bridgehead atoms. The van der Waals surface area contributed by atoms with Gasteiger partial charge in [0.15, 0.2) is 0 Å². The fraction of sp³-hybridized carbons (Fsp3) is 0.556. The van der Waals surface area contributed by atoms with Crippen molar-refractivity contribution in [3.8, 4) is 0 Å². The van der Waals surface area contributed by atoms with Crippen molar-refractivity contribution in [2.45, 2.75) is 24.6 Å². The molecule has 2 aliphatic rings. The van der Waals surface area contributed by atoms with E-state index in [1.807, 2.05) is 0 Å². The predicted molar refractivity (Wildman–Crippen MR) is 55.8 cm³/mol. The minimum atomic E-state index is -1.01. The Morgan fingerprint density at radius 1 is 1.67 bits per heavy atom. The molecular formula is C9H12N2O3S. The Kier molecular flexibility index (Phi) is 2.70. The van der Waals surface area contributed by atoms with Gasteiger partial charge in [0.25, 0.3) is 0 Å². The number of rotatable bonds is 4. The van der Waals surface area contributed by atoms with E-state index in [4.69, 9.17) is 10.8 Å². The zero-order valence-corrected chi connectivity index (χ0v) is 8.92. The van der Waals surface area contributed by atoms with Gasteiger partial charge in [0.1, 0.15) is 5.70 Å². The van der Waals surface area contributed by atoms with Crippen molar-refractivity contribution in [3.05, 3.63) is 10.6 Å². The van der Waals surface area contributed by atoms with Gasteiger partial charge in [-0.1, -0.05) is 0 Å². The molecule has 1 amide bonds. The average Bonchev–Trinajstić information content (AvgIpc) is 2.47. The Morgan fingerprint density at radius 3 is 2.93 bits per heavy atom. The van der Waals surface area contributed by atoms with E-state index in [1.54, 1.807) is 0 Å². The Balaban J connectivity index is 2.19. The minimum Gasteiger partial charge on any atom is -0.477 e. The molecule has 1 saturated heterocycles. The van der Waals surface area contributed by atoms with Gasteiger partial charge in [-0.3, -0.25) is 9.69 Å². The lowest BCUT2D eigenvalue weighted by molar-refractivity contribution is -0.145. The van der Waals surface area contributed by atoms with E-state index in [0.29, 0.717) is 19.4 Å². The second-order valence-electron chi connectivity index (χ2n) is 3.51.